The summed E-state index contributed by atoms with van der Waals surface area (Å²) in [5.41, 5.74) is 7.11. The summed E-state index contributed by atoms with van der Waals surface area (Å²) in [7, 11) is 0. The zero-order chi connectivity index (χ0) is 23.0. The lowest BCUT2D eigenvalue weighted by atomic mass is 9.95. The van der Waals surface area contributed by atoms with E-state index >= 15 is 0 Å². The molecule has 0 saturated heterocycles. The molecule has 0 aliphatic rings. The van der Waals surface area contributed by atoms with Crippen molar-refractivity contribution >= 4 is 34.7 Å². The third-order valence-electron chi connectivity index (χ3n) is 6.44. The molecule has 2 aromatic carbocycles. The van der Waals surface area contributed by atoms with Gasteiger partial charge in [-0.1, -0.05) is 126 Å². The molecule has 0 heterocycles. The molecule has 0 atom stereocenters. The van der Waals surface area contributed by atoms with Gasteiger partial charge in [0.25, 0.3) is 0 Å². The molecule has 0 N–H and O–H groups in total. The van der Waals surface area contributed by atoms with E-state index in [2.05, 4.69) is 91.9 Å². The number of aryl methyl sites for hydroxylation is 3. The fourth-order valence-corrected chi connectivity index (χ4v) is 5.10. The number of benzene rings is 2. The molecule has 1 heteroatoms. The molecule has 0 spiro atoms. The maximum Gasteiger partial charge on any atom is 0.0165 e. The predicted molar refractivity (Wildman–Crippen MR) is 153 cm³/mol. The van der Waals surface area contributed by atoms with Crippen LogP contribution in [0.2, 0.25) is 0 Å². The molecule has 0 saturated carbocycles. The molecule has 0 aromatic heterocycles. The molecule has 2 rings (SSSR count). The van der Waals surface area contributed by atoms with E-state index < -0.39 is 0 Å². The van der Waals surface area contributed by atoms with E-state index in [0.717, 1.165) is 0 Å². The monoisotopic (exact) mass is 544 g/mol. The van der Waals surface area contributed by atoms with Crippen LogP contribution in [0.5, 0.6) is 0 Å². The lowest BCUT2D eigenvalue weighted by Gasteiger charge is -2.13. The van der Waals surface area contributed by atoms with Gasteiger partial charge in [0.15, 0.2) is 0 Å². The number of unbranched alkanes of at least 4 members (excludes halogenated alkanes) is 10. The zero-order valence-electron chi connectivity index (χ0n) is 20.9. The fourth-order valence-electron chi connectivity index (χ4n) is 4.30. The molecule has 0 nitrogen and oxygen atoms in total. The average Bonchev–Trinajstić information content (AvgIpc) is 2.79. The van der Waals surface area contributed by atoms with Crippen molar-refractivity contribution in [1.82, 2.24) is 0 Å². The van der Waals surface area contributed by atoms with Gasteiger partial charge in [-0.2, -0.15) is 0 Å². The second-order valence-electron chi connectivity index (χ2n) is 9.42. The molecule has 0 aliphatic carbocycles. The van der Waals surface area contributed by atoms with Crippen LogP contribution < -0.4 is 0 Å². The quantitative estimate of drug-likeness (QED) is 0.112. The van der Waals surface area contributed by atoms with Crippen LogP contribution in [0.1, 0.15) is 119 Å². The lowest BCUT2D eigenvalue weighted by Crippen LogP contribution is -1.98. The summed E-state index contributed by atoms with van der Waals surface area (Å²) in [4.78, 5) is 0. The molecular formula is C31H45I. The highest BCUT2D eigenvalue weighted by Gasteiger charge is 2.08. The molecule has 0 unspecified atom stereocenters. The molecule has 176 valence electrons. The van der Waals surface area contributed by atoms with Gasteiger partial charge in [0, 0.05) is 3.57 Å². The summed E-state index contributed by atoms with van der Waals surface area (Å²) < 4.78 is 1.46. The zero-order valence-corrected chi connectivity index (χ0v) is 23.1. The van der Waals surface area contributed by atoms with Crippen molar-refractivity contribution in [1.29, 1.82) is 0 Å². The standard InChI is InChI=1S/C31H45I/c1-4-6-8-10-12-14-16-28-25-31(32)30(17-15-13-11-9-7-5-2)24-29(28)23-22-27-20-18-26(3)19-21-27/h18-25H,4-17H2,1-3H3/b23-22+. The minimum Gasteiger partial charge on any atom is -0.0654 e. The second kappa shape index (κ2) is 16.5. The largest absolute Gasteiger partial charge is 0.0654 e. The van der Waals surface area contributed by atoms with Gasteiger partial charge in [0.1, 0.15) is 0 Å². The van der Waals surface area contributed by atoms with Crippen LogP contribution in [0.15, 0.2) is 36.4 Å². The Kier molecular flexibility index (Phi) is 14.0. The Bertz CT molecular complexity index is 785. The Labute approximate surface area is 212 Å². The van der Waals surface area contributed by atoms with E-state index in [-0.39, 0.29) is 0 Å². The van der Waals surface area contributed by atoms with Gasteiger partial charge in [-0.05, 0) is 83.5 Å². The maximum absolute atomic E-state index is 2.58. The van der Waals surface area contributed by atoms with E-state index in [1.165, 1.54) is 121 Å². The van der Waals surface area contributed by atoms with E-state index in [9.17, 15) is 0 Å². The topological polar surface area (TPSA) is 0 Å². The van der Waals surface area contributed by atoms with Crippen molar-refractivity contribution in [3.8, 4) is 0 Å². The first-order valence-corrected chi connectivity index (χ1v) is 14.3. The number of hydrogen-bond donors (Lipinski definition) is 0. The van der Waals surface area contributed by atoms with Crippen LogP contribution in [-0.2, 0) is 12.8 Å². The highest BCUT2D eigenvalue weighted by molar-refractivity contribution is 14.1. The third-order valence-corrected chi connectivity index (χ3v) is 7.44. The van der Waals surface area contributed by atoms with Crippen molar-refractivity contribution < 1.29 is 0 Å². The Balaban J connectivity index is 2.06. The summed E-state index contributed by atoms with van der Waals surface area (Å²) in [6.07, 6.45) is 23.4. The number of hydrogen-bond acceptors (Lipinski definition) is 0. The first-order chi connectivity index (χ1) is 15.6. The highest BCUT2D eigenvalue weighted by atomic mass is 127. The van der Waals surface area contributed by atoms with E-state index in [1.807, 2.05) is 0 Å². The maximum atomic E-state index is 2.58. The third kappa shape index (κ3) is 10.7. The first-order valence-electron chi connectivity index (χ1n) is 13.2. The summed E-state index contributed by atoms with van der Waals surface area (Å²) in [6, 6.07) is 13.8. The molecule has 0 radical (unpaired) electrons. The molecule has 0 aliphatic heterocycles. The summed E-state index contributed by atoms with van der Waals surface area (Å²) in [5, 5.41) is 0. The minimum atomic E-state index is 1.20. The molecule has 0 fully saturated rings. The van der Waals surface area contributed by atoms with Crippen LogP contribution in [0.3, 0.4) is 0 Å². The number of rotatable bonds is 16. The van der Waals surface area contributed by atoms with Crippen LogP contribution >= 0.6 is 22.6 Å². The van der Waals surface area contributed by atoms with E-state index in [4.69, 9.17) is 0 Å². The normalized spacial score (nSPS) is 11.5. The molecule has 32 heavy (non-hydrogen) atoms. The van der Waals surface area contributed by atoms with Crippen molar-refractivity contribution in [3.63, 3.8) is 0 Å². The van der Waals surface area contributed by atoms with E-state index in [1.54, 1.807) is 0 Å². The van der Waals surface area contributed by atoms with Gasteiger partial charge in [-0.15, -0.1) is 0 Å². The van der Waals surface area contributed by atoms with E-state index in [0.29, 0.717) is 0 Å². The lowest BCUT2D eigenvalue weighted by molar-refractivity contribution is 0.605. The first kappa shape index (κ1) is 27.2. The van der Waals surface area contributed by atoms with Gasteiger partial charge in [-0.3, -0.25) is 0 Å². The second-order valence-corrected chi connectivity index (χ2v) is 10.6. The molecule has 2 aromatic rings. The summed E-state index contributed by atoms with van der Waals surface area (Å²) >= 11 is 2.58. The van der Waals surface area contributed by atoms with Crippen molar-refractivity contribution in [3.05, 3.63) is 67.8 Å². The van der Waals surface area contributed by atoms with Crippen LogP contribution in [0, 0.1) is 10.5 Å². The Morgan fingerprint density at radius 3 is 1.75 bits per heavy atom. The van der Waals surface area contributed by atoms with Crippen LogP contribution in [-0.4, -0.2) is 0 Å². The SMILES string of the molecule is CCCCCCCCc1cc(/C=C/c2ccc(C)cc2)c(CCCCCCCC)cc1I. The van der Waals surface area contributed by atoms with Crippen molar-refractivity contribution in [2.24, 2.45) is 0 Å². The minimum absolute atomic E-state index is 1.20. The molecule has 0 bridgehead atoms. The smallest absolute Gasteiger partial charge is 0.0165 e. The van der Waals surface area contributed by atoms with Gasteiger partial charge in [-0.25, -0.2) is 0 Å². The summed E-state index contributed by atoms with van der Waals surface area (Å²) in [5.74, 6) is 0. The van der Waals surface area contributed by atoms with Gasteiger partial charge in [0.05, 0.1) is 0 Å². The number of halogens is 1. The molecule has 0 amide bonds. The Morgan fingerprint density at radius 1 is 0.625 bits per heavy atom. The fraction of sp³-hybridized carbons (Fsp3) is 0.548. The van der Waals surface area contributed by atoms with Gasteiger partial charge in [0.2, 0.25) is 0 Å². The van der Waals surface area contributed by atoms with Gasteiger partial charge < -0.3 is 0 Å². The Morgan fingerprint density at radius 2 is 1.16 bits per heavy atom. The summed E-state index contributed by atoms with van der Waals surface area (Å²) in [6.45, 7) is 6.74. The van der Waals surface area contributed by atoms with Crippen molar-refractivity contribution in [2.75, 3.05) is 0 Å². The van der Waals surface area contributed by atoms with Crippen molar-refractivity contribution in [2.45, 2.75) is 111 Å². The predicted octanol–water partition coefficient (Wildman–Crippen LogP) is 10.6. The van der Waals surface area contributed by atoms with Gasteiger partial charge >= 0.3 is 0 Å². The average molecular weight is 545 g/mol. The van der Waals surface area contributed by atoms with Crippen LogP contribution in [0.25, 0.3) is 12.2 Å². The molecular weight excluding hydrogens is 499 g/mol. The highest BCUT2D eigenvalue weighted by Crippen LogP contribution is 2.25. The Hall–Kier alpha value is -1.09. The van der Waals surface area contributed by atoms with Crippen LogP contribution in [0.4, 0.5) is 0 Å².